The van der Waals surface area contributed by atoms with Gasteiger partial charge in [0, 0.05) is 16.5 Å². The molecule has 28 heavy (non-hydrogen) atoms. The molecule has 8 heteroatoms. The molecule has 0 fully saturated rings. The third kappa shape index (κ3) is 3.96. The third-order valence-electron chi connectivity index (χ3n) is 4.12. The van der Waals surface area contributed by atoms with Crippen LogP contribution in [0.1, 0.15) is 22.0 Å². The molecule has 0 saturated carbocycles. The van der Waals surface area contributed by atoms with E-state index in [9.17, 15) is 13.2 Å². The minimum Gasteiger partial charge on any atom is -0.339 e. The van der Waals surface area contributed by atoms with Gasteiger partial charge in [-0.15, -0.1) is 11.3 Å². The Morgan fingerprint density at radius 3 is 2.54 bits per heavy atom. The van der Waals surface area contributed by atoms with Crippen LogP contribution in [0.5, 0.6) is 0 Å². The number of halogens is 3. The molecule has 142 valence electrons. The van der Waals surface area contributed by atoms with Gasteiger partial charge in [-0.1, -0.05) is 47.1 Å². The largest absolute Gasteiger partial charge is 0.416 e. The van der Waals surface area contributed by atoms with E-state index in [1.807, 2.05) is 36.6 Å². The minimum atomic E-state index is -4.42. The highest BCUT2D eigenvalue weighted by molar-refractivity contribution is 7.10. The predicted octanol–water partition coefficient (Wildman–Crippen LogP) is 5.78. The van der Waals surface area contributed by atoms with Gasteiger partial charge in [0.15, 0.2) is 0 Å². The second-order valence-corrected chi connectivity index (χ2v) is 7.20. The minimum absolute atomic E-state index is 0.122. The Balaban J connectivity index is 1.52. The molecule has 0 saturated heterocycles. The molecular formula is C20H14F3N3OS. The van der Waals surface area contributed by atoms with E-state index >= 15 is 0 Å². The molecule has 0 radical (unpaired) electrons. The van der Waals surface area contributed by atoms with Crippen molar-refractivity contribution < 1.29 is 17.7 Å². The molecule has 2 heterocycles. The molecule has 0 aliphatic rings. The number of thiazole rings is 1. The van der Waals surface area contributed by atoms with E-state index in [1.54, 1.807) is 0 Å². The summed E-state index contributed by atoms with van der Waals surface area (Å²) < 4.78 is 43.8. The Labute approximate surface area is 162 Å². The van der Waals surface area contributed by atoms with Crippen molar-refractivity contribution >= 4 is 11.3 Å². The first kappa shape index (κ1) is 18.4. The first-order chi connectivity index (χ1) is 13.4. The van der Waals surface area contributed by atoms with Crippen LogP contribution >= 0.6 is 11.3 Å². The van der Waals surface area contributed by atoms with Gasteiger partial charge in [-0.05, 0) is 19.1 Å². The van der Waals surface area contributed by atoms with E-state index in [0.717, 1.165) is 28.4 Å². The van der Waals surface area contributed by atoms with Crippen molar-refractivity contribution in [3.8, 4) is 22.6 Å². The van der Waals surface area contributed by atoms with Crippen molar-refractivity contribution in [2.75, 3.05) is 0 Å². The lowest BCUT2D eigenvalue weighted by molar-refractivity contribution is -0.137. The van der Waals surface area contributed by atoms with Gasteiger partial charge in [0.25, 0.3) is 0 Å². The first-order valence-corrected chi connectivity index (χ1v) is 9.28. The summed E-state index contributed by atoms with van der Waals surface area (Å²) in [5.41, 5.74) is 2.55. The monoisotopic (exact) mass is 401 g/mol. The van der Waals surface area contributed by atoms with E-state index in [4.69, 9.17) is 4.52 Å². The van der Waals surface area contributed by atoms with Crippen LogP contribution in [-0.4, -0.2) is 15.1 Å². The van der Waals surface area contributed by atoms with Gasteiger partial charge in [0.05, 0.1) is 17.7 Å². The second-order valence-electron chi connectivity index (χ2n) is 6.26. The number of hydrogen-bond donors (Lipinski definition) is 0. The summed E-state index contributed by atoms with van der Waals surface area (Å²) in [6.07, 6.45) is -4.10. The second kappa shape index (κ2) is 7.20. The highest BCUT2D eigenvalue weighted by atomic mass is 32.1. The van der Waals surface area contributed by atoms with E-state index < -0.39 is 11.7 Å². The SMILES string of the molecule is Cc1ccc(-c2csc(Cc3nc(-c4cccc(C(F)(F)F)c4)no3)n2)cc1. The van der Waals surface area contributed by atoms with Crippen LogP contribution in [0.25, 0.3) is 22.6 Å². The average Bonchev–Trinajstić information content (AvgIpc) is 3.32. The maximum atomic E-state index is 12.9. The molecule has 2 aromatic heterocycles. The Morgan fingerprint density at radius 2 is 1.79 bits per heavy atom. The zero-order valence-corrected chi connectivity index (χ0v) is 15.5. The maximum Gasteiger partial charge on any atom is 0.416 e. The van der Waals surface area contributed by atoms with E-state index in [2.05, 4.69) is 15.1 Å². The van der Waals surface area contributed by atoms with E-state index in [1.165, 1.54) is 29.0 Å². The van der Waals surface area contributed by atoms with Gasteiger partial charge >= 0.3 is 6.18 Å². The molecule has 0 bridgehead atoms. The first-order valence-electron chi connectivity index (χ1n) is 8.40. The summed E-state index contributed by atoms with van der Waals surface area (Å²) in [7, 11) is 0. The van der Waals surface area contributed by atoms with Gasteiger partial charge < -0.3 is 4.52 Å². The smallest absolute Gasteiger partial charge is 0.339 e. The zero-order valence-electron chi connectivity index (χ0n) is 14.7. The highest BCUT2D eigenvalue weighted by Gasteiger charge is 2.30. The molecule has 0 spiro atoms. The Hall–Kier alpha value is -3.00. The summed E-state index contributed by atoms with van der Waals surface area (Å²) in [5.74, 6) is 0.425. The lowest BCUT2D eigenvalue weighted by Crippen LogP contribution is -2.04. The van der Waals surface area contributed by atoms with Crippen molar-refractivity contribution in [2.24, 2.45) is 0 Å². The van der Waals surface area contributed by atoms with Crippen LogP contribution in [0.2, 0.25) is 0 Å². The topological polar surface area (TPSA) is 51.8 Å². The number of hydrogen-bond acceptors (Lipinski definition) is 5. The summed E-state index contributed by atoms with van der Waals surface area (Å²) in [4.78, 5) is 8.79. The Morgan fingerprint density at radius 1 is 1.00 bits per heavy atom. The molecule has 0 N–H and O–H groups in total. The molecule has 0 aliphatic carbocycles. The number of aryl methyl sites for hydroxylation is 1. The van der Waals surface area contributed by atoms with Crippen molar-refractivity contribution in [3.63, 3.8) is 0 Å². The molecule has 4 nitrogen and oxygen atoms in total. The fourth-order valence-corrected chi connectivity index (χ4v) is 3.45. The van der Waals surface area contributed by atoms with Crippen LogP contribution in [0.3, 0.4) is 0 Å². The van der Waals surface area contributed by atoms with Gasteiger partial charge in [-0.3, -0.25) is 0 Å². The summed E-state index contributed by atoms with van der Waals surface area (Å²) in [6.45, 7) is 2.02. The summed E-state index contributed by atoms with van der Waals surface area (Å²) in [5, 5.41) is 6.54. The molecule has 0 aliphatic heterocycles. The third-order valence-corrected chi connectivity index (χ3v) is 4.97. The fourth-order valence-electron chi connectivity index (χ4n) is 2.66. The van der Waals surface area contributed by atoms with Crippen LogP contribution in [0.4, 0.5) is 13.2 Å². The number of benzene rings is 2. The van der Waals surface area contributed by atoms with Crippen LogP contribution in [-0.2, 0) is 12.6 Å². The summed E-state index contributed by atoms with van der Waals surface area (Å²) >= 11 is 1.47. The number of rotatable bonds is 4. The lowest BCUT2D eigenvalue weighted by atomic mass is 10.1. The standard InChI is InChI=1S/C20H14F3N3OS/c1-12-5-7-13(8-6-12)16-11-28-18(24-16)10-17-25-19(26-27-17)14-3-2-4-15(9-14)20(21,22)23/h2-9,11H,10H2,1H3. The molecule has 4 aromatic rings. The van der Waals surface area contributed by atoms with Crippen molar-refractivity contribution in [2.45, 2.75) is 19.5 Å². The number of alkyl halides is 3. The molecular weight excluding hydrogens is 387 g/mol. The van der Waals surface area contributed by atoms with Crippen LogP contribution < -0.4 is 0 Å². The number of aromatic nitrogens is 3. The zero-order chi connectivity index (χ0) is 19.7. The van der Waals surface area contributed by atoms with Gasteiger partial charge in [0.1, 0.15) is 5.01 Å². The van der Waals surface area contributed by atoms with Crippen LogP contribution in [0, 0.1) is 6.92 Å². The highest BCUT2D eigenvalue weighted by Crippen LogP contribution is 2.31. The molecule has 0 atom stereocenters. The fraction of sp³-hybridized carbons (Fsp3) is 0.150. The van der Waals surface area contributed by atoms with Gasteiger partial charge in [-0.2, -0.15) is 18.2 Å². The Kier molecular flexibility index (Phi) is 4.72. The average molecular weight is 401 g/mol. The molecule has 2 aromatic carbocycles. The van der Waals surface area contributed by atoms with Crippen molar-refractivity contribution in [3.05, 3.63) is 75.9 Å². The molecule has 4 rings (SSSR count). The summed E-state index contributed by atoms with van der Waals surface area (Å²) in [6, 6.07) is 12.9. The number of nitrogens with zero attached hydrogens (tertiary/aromatic N) is 3. The predicted molar refractivity (Wildman–Crippen MR) is 99.8 cm³/mol. The van der Waals surface area contributed by atoms with Crippen molar-refractivity contribution in [1.29, 1.82) is 0 Å². The quantitative estimate of drug-likeness (QED) is 0.435. The molecule has 0 amide bonds. The van der Waals surface area contributed by atoms with Gasteiger partial charge in [0.2, 0.25) is 11.7 Å². The normalized spacial score (nSPS) is 11.7. The van der Waals surface area contributed by atoms with Crippen LogP contribution in [0.15, 0.2) is 58.4 Å². The lowest BCUT2D eigenvalue weighted by Gasteiger charge is -2.06. The van der Waals surface area contributed by atoms with Crippen molar-refractivity contribution in [1.82, 2.24) is 15.1 Å². The van der Waals surface area contributed by atoms with E-state index in [0.29, 0.717) is 12.3 Å². The molecule has 0 unspecified atom stereocenters. The van der Waals surface area contributed by atoms with E-state index in [-0.39, 0.29) is 11.4 Å². The maximum absolute atomic E-state index is 12.9. The van der Waals surface area contributed by atoms with Gasteiger partial charge in [-0.25, -0.2) is 4.98 Å². The Bertz CT molecular complexity index is 1100.